The molecule has 0 atom stereocenters. The van der Waals surface area contributed by atoms with Gasteiger partial charge < -0.3 is 15.5 Å². The van der Waals surface area contributed by atoms with E-state index in [1.165, 1.54) is 15.3 Å². The lowest BCUT2D eigenvalue weighted by Gasteiger charge is -1.97. The number of thiophene rings is 1. The Morgan fingerprint density at radius 3 is 2.89 bits per heavy atom. The van der Waals surface area contributed by atoms with Gasteiger partial charge in [-0.2, -0.15) is 4.98 Å². The molecule has 4 nitrogen and oxygen atoms in total. The van der Waals surface area contributed by atoms with Crippen molar-refractivity contribution in [1.29, 1.82) is 0 Å². The monoisotopic (exact) mass is 273 g/mol. The van der Waals surface area contributed by atoms with Crippen molar-refractivity contribution in [3.05, 3.63) is 39.6 Å². The average molecular weight is 273 g/mol. The molecule has 19 heavy (non-hydrogen) atoms. The maximum atomic E-state index is 5.71. The van der Waals surface area contributed by atoms with Crippen LogP contribution in [-0.4, -0.2) is 4.98 Å². The number of anilines is 2. The number of hydrogen-bond acceptors (Lipinski definition) is 5. The molecule has 0 spiro atoms. The minimum Gasteiger partial charge on any atom is -0.423 e. The zero-order valence-electron chi connectivity index (χ0n) is 10.9. The van der Waals surface area contributed by atoms with Crippen molar-refractivity contribution in [1.82, 2.24) is 4.98 Å². The summed E-state index contributed by atoms with van der Waals surface area (Å²) in [6.07, 6.45) is 0. The van der Waals surface area contributed by atoms with Crippen molar-refractivity contribution in [2.45, 2.75) is 20.4 Å². The van der Waals surface area contributed by atoms with Crippen molar-refractivity contribution < 1.29 is 4.42 Å². The summed E-state index contributed by atoms with van der Waals surface area (Å²) in [4.78, 5) is 6.99. The first-order valence-electron chi connectivity index (χ1n) is 6.07. The average Bonchev–Trinajstić information content (AvgIpc) is 2.90. The molecule has 0 fully saturated rings. The Hall–Kier alpha value is -2.01. The van der Waals surface area contributed by atoms with E-state index in [4.69, 9.17) is 10.2 Å². The Kier molecular flexibility index (Phi) is 2.91. The van der Waals surface area contributed by atoms with Crippen LogP contribution in [-0.2, 0) is 6.54 Å². The molecule has 5 heteroatoms. The van der Waals surface area contributed by atoms with Gasteiger partial charge in [-0.05, 0) is 37.6 Å². The lowest BCUT2D eigenvalue weighted by molar-refractivity contribution is 0.615. The molecular weight excluding hydrogens is 258 g/mol. The number of nitrogens with two attached hydrogens (primary N) is 1. The van der Waals surface area contributed by atoms with Crippen LogP contribution in [0.4, 0.5) is 11.7 Å². The van der Waals surface area contributed by atoms with Crippen LogP contribution in [0.5, 0.6) is 0 Å². The van der Waals surface area contributed by atoms with Crippen LogP contribution in [0.2, 0.25) is 0 Å². The van der Waals surface area contributed by atoms with Crippen LogP contribution in [0, 0.1) is 13.8 Å². The van der Waals surface area contributed by atoms with Crippen LogP contribution >= 0.6 is 11.3 Å². The van der Waals surface area contributed by atoms with Crippen molar-refractivity contribution >= 4 is 34.1 Å². The fraction of sp³-hybridized carbons (Fsp3) is 0.214. The summed E-state index contributed by atoms with van der Waals surface area (Å²) >= 11 is 1.79. The molecule has 0 saturated carbocycles. The van der Waals surface area contributed by atoms with E-state index in [1.54, 1.807) is 17.4 Å². The van der Waals surface area contributed by atoms with Gasteiger partial charge in [0.15, 0.2) is 5.58 Å². The first-order valence-corrected chi connectivity index (χ1v) is 6.89. The Morgan fingerprint density at radius 1 is 1.32 bits per heavy atom. The first kappa shape index (κ1) is 12.0. The summed E-state index contributed by atoms with van der Waals surface area (Å²) in [5.74, 6) is 0. The third-order valence-electron chi connectivity index (χ3n) is 3.04. The molecule has 1 aromatic carbocycles. The van der Waals surface area contributed by atoms with Crippen molar-refractivity contribution in [3.8, 4) is 0 Å². The van der Waals surface area contributed by atoms with Gasteiger partial charge in [0.2, 0.25) is 0 Å². The molecule has 2 aromatic heterocycles. The number of oxazole rings is 1. The maximum absolute atomic E-state index is 5.71. The summed E-state index contributed by atoms with van der Waals surface area (Å²) in [6.45, 7) is 4.98. The number of hydrogen-bond donors (Lipinski definition) is 2. The highest BCUT2D eigenvalue weighted by atomic mass is 32.1. The minimum absolute atomic E-state index is 0.532. The van der Waals surface area contributed by atoms with E-state index in [9.17, 15) is 0 Å². The van der Waals surface area contributed by atoms with Gasteiger partial charge in [-0.15, -0.1) is 11.3 Å². The highest BCUT2D eigenvalue weighted by Crippen LogP contribution is 2.24. The topological polar surface area (TPSA) is 64.1 Å². The normalized spacial score (nSPS) is 11.1. The third-order valence-corrected chi connectivity index (χ3v) is 4.20. The van der Waals surface area contributed by atoms with E-state index in [2.05, 4.69) is 30.2 Å². The number of nitrogen functional groups attached to an aromatic ring is 1. The van der Waals surface area contributed by atoms with E-state index >= 15 is 0 Å². The van der Waals surface area contributed by atoms with Gasteiger partial charge in [0.1, 0.15) is 5.52 Å². The number of fused-ring (bicyclic) bond motifs is 1. The molecule has 0 radical (unpaired) electrons. The fourth-order valence-electron chi connectivity index (χ4n) is 1.92. The second-order valence-corrected chi connectivity index (χ2v) is 5.89. The van der Waals surface area contributed by atoms with Crippen LogP contribution < -0.4 is 11.1 Å². The molecule has 0 amide bonds. The molecule has 3 N–H and O–H groups in total. The summed E-state index contributed by atoms with van der Waals surface area (Å²) in [5, 5.41) is 3.20. The Labute approximate surface area is 115 Å². The Bertz CT molecular complexity index is 710. The summed E-state index contributed by atoms with van der Waals surface area (Å²) in [6, 6.07) is 8.18. The van der Waals surface area contributed by atoms with E-state index in [0.29, 0.717) is 17.3 Å². The van der Waals surface area contributed by atoms with Gasteiger partial charge in [-0.1, -0.05) is 0 Å². The number of nitrogens with one attached hydrogen (secondary N) is 1. The summed E-state index contributed by atoms with van der Waals surface area (Å²) < 4.78 is 5.61. The zero-order chi connectivity index (χ0) is 13.4. The minimum atomic E-state index is 0.532. The predicted octanol–water partition coefficient (Wildman–Crippen LogP) is 3.70. The molecule has 98 valence electrons. The largest absolute Gasteiger partial charge is 0.423 e. The number of aryl methyl sites for hydroxylation is 2. The quantitative estimate of drug-likeness (QED) is 0.714. The maximum Gasteiger partial charge on any atom is 0.295 e. The fourth-order valence-corrected chi connectivity index (χ4v) is 2.91. The Balaban J connectivity index is 1.78. The van der Waals surface area contributed by atoms with E-state index in [-0.39, 0.29) is 0 Å². The smallest absolute Gasteiger partial charge is 0.295 e. The molecule has 3 rings (SSSR count). The van der Waals surface area contributed by atoms with Gasteiger partial charge in [0.05, 0.1) is 6.54 Å². The third kappa shape index (κ3) is 2.42. The van der Waals surface area contributed by atoms with Gasteiger partial charge in [0, 0.05) is 21.5 Å². The number of rotatable bonds is 3. The van der Waals surface area contributed by atoms with Crippen molar-refractivity contribution in [2.24, 2.45) is 0 Å². The zero-order valence-corrected chi connectivity index (χ0v) is 11.7. The van der Waals surface area contributed by atoms with Crippen LogP contribution in [0.1, 0.15) is 15.3 Å². The van der Waals surface area contributed by atoms with E-state index < -0.39 is 0 Å². The number of benzene rings is 1. The SMILES string of the molecule is Cc1cc(CNc2nc3ccc(N)cc3o2)sc1C. The molecule has 0 unspecified atom stereocenters. The molecule has 0 bridgehead atoms. The van der Waals surface area contributed by atoms with Gasteiger partial charge >= 0.3 is 0 Å². The number of nitrogens with zero attached hydrogens (tertiary/aromatic N) is 1. The Morgan fingerprint density at radius 2 is 2.16 bits per heavy atom. The standard InChI is InChI=1S/C14H15N3OS/c1-8-5-11(19-9(8)2)7-16-14-17-12-4-3-10(15)6-13(12)18-14/h3-6H,7,15H2,1-2H3,(H,16,17). The lowest BCUT2D eigenvalue weighted by Crippen LogP contribution is -1.96. The second-order valence-electron chi connectivity index (χ2n) is 4.55. The molecule has 0 aliphatic carbocycles. The van der Waals surface area contributed by atoms with E-state index in [0.717, 1.165) is 12.1 Å². The molecule has 2 heterocycles. The summed E-state index contributed by atoms with van der Waals surface area (Å²) in [7, 11) is 0. The van der Waals surface area contributed by atoms with Crippen LogP contribution in [0.15, 0.2) is 28.7 Å². The molecule has 0 saturated heterocycles. The molecule has 0 aliphatic heterocycles. The predicted molar refractivity (Wildman–Crippen MR) is 79.5 cm³/mol. The molecule has 3 aromatic rings. The molecule has 0 aliphatic rings. The highest BCUT2D eigenvalue weighted by Gasteiger charge is 2.07. The lowest BCUT2D eigenvalue weighted by atomic mass is 10.3. The summed E-state index contributed by atoms with van der Waals surface area (Å²) in [5.41, 5.74) is 9.24. The number of aromatic nitrogens is 1. The van der Waals surface area contributed by atoms with Crippen molar-refractivity contribution in [2.75, 3.05) is 11.1 Å². The van der Waals surface area contributed by atoms with Gasteiger partial charge in [0.25, 0.3) is 6.01 Å². The van der Waals surface area contributed by atoms with Crippen LogP contribution in [0.3, 0.4) is 0 Å². The first-order chi connectivity index (χ1) is 9.11. The van der Waals surface area contributed by atoms with Gasteiger partial charge in [-0.3, -0.25) is 0 Å². The van der Waals surface area contributed by atoms with Crippen molar-refractivity contribution in [3.63, 3.8) is 0 Å². The highest BCUT2D eigenvalue weighted by molar-refractivity contribution is 7.12. The second kappa shape index (κ2) is 4.59. The van der Waals surface area contributed by atoms with Gasteiger partial charge in [-0.25, -0.2) is 0 Å². The van der Waals surface area contributed by atoms with Crippen LogP contribution in [0.25, 0.3) is 11.1 Å². The van der Waals surface area contributed by atoms with E-state index in [1.807, 2.05) is 12.1 Å². The molecular formula is C14H15N3OS.